The van der Waals surface area contributed by atoms with Crippen molar-refractivity contribution in [2.75, 3.05) is 13.2 Å². The van der Waals surface area contributed by atoms with Gasteiger partial charge in [0.05, 0.1) is 36.0 Å². The highest BCUT2D eigenvalue weighted by Crippen LogP contribution is 2.43. The molecule has 3 heterocycles. The van der Waals surface area contributed by atoms with Crippen molar-refractivity contribution in [2.45, 2.75) is 42.6 Å². The van der Waals surface area contributed by atoms with Crippen LogP contribution in [0.25, 0.3) is 43.6 Å². The highest BCUT2D eigenvalue weighted by atomic mass is 35.5. The average molecular weight is 705 g/mol. The molecular formula is C36H28ClF3N4O6. The van der Waals surface area contributed by atoms with Gasteiger partial charge in [-0.15, -0.1) is 5.10 Å². The van der Waals surface area contributed by atoms with E-state index in [1.165, 1.54) is 6.20 Å². The Balaban J connectivity index is 1.10. The Morgan fingerprint density at radius 3 is 2.22 bits per heavy atom. The summed E-state index contributed by atoms with van der Waals surface area (Å²) in [5.41, 5.74) is -0.0676. The zero-order valence-electron chi connectivity index (χ0n) is 25.9. The molecule has 2 aliphatic rings. The summed E-state index contributed by atoms with van der Waals surface area (Å²) < 4.78 is 54.4. The molecule has 14 heteroatoms. The number of nitrogens with zero attached hydrogens (tertiary/aromatic N) is 3. The number of aromatic nitrogens is 3. The summed E-state index contributed by atoms with van der Waals surface area (Å²) >= 11 is 6.66. The number of hydrogen-bond donors (Lipinski definition) is 4. The summed E-state index contributed by atoms with van der Waals surface area (Å²) in [6.45, 7) is -0.670. The lowest BCUT2D eigenvalue weighted by molar-refractivity contribution is -0.344. The van der Waals surface area contributed by atoms with Gasteiger partial charge in [0.2, 0.25) is 5.79 Å². The van der Waals surface area contributed by atoms with Gasteiger partial charge in [-0.1, -0.05) is 41.1 Å². The Bertz CT molecular complexity index is 2300. The minimum atomic E-state index is -1.96. The molecule has 6 atom stereocenters. The van der Waals surface area contributed by atoms with Crippen LogP contribution in [0, 0.1) is 17.5 Å². The Kier molecular flexibility index (Phi) is 8.01. The fraction of sp³-hybridized carbons (Fsp3) is 0.250. The summed E-state index contributed by atoms with van der Waals surface area (Å²) in [5, 5.41) is 49.8. The summed E-state index contributed by atoms with van der Waals surface area (Å²) in [6, 6.07) is 18.7. The molecular weight excluding hydrogens is 677 g/mol. The SMILES string of the molecule is O=C(N[C@@H]1CCO[C@]12O[C@H](CO)[C@H](O)[C@H](n1cc(-c3cc(F)c(F)c(F)c3)nn1)[C@H]2O)c1cc2cc3cc4ccccc4cc3cc2cc1Cl. The van der Waals surface area contributed by atoms with E-state index in [1.807, 2.05) is 36.4 Å². The van der Waals surface area contributed by atoms with Crippen LogP contribution in [0.3, 0.4) is 0 Å². The quantitative estimate of drug-likeness (QED) is 0.145. The monoisotopic (exact) mass is 704 g/mol. The fourth-order valence-electron chi connectivity index (χ4n) is 7.07. The van der Waals surface area contributed by atoms with Crippen LogP contribution < -0.4 is 5.32 Å². The summed E-state index contributed by atoms with van der Waals surface area (Å²) in [6.07, 6.45) is -3.22. The molecule has 256 valence electrons. The van der Waals surface area contributed by atoms with Crippen molar-refractivity contribution in [2.24, 2.45) is 0 Å². The van der Waals surface area contributed by atoms with Crippen LogP contribution in [0.15, 0.2) is 79.0 Å². The second-order valence-corrected chi connectivity index (χ2v) is 13.0. The van der Waals surface area contributed by atoms with Gasteiger partial charge >= 0.3 is 0 Å². The molecule has 0 radical (unpaired) electrons. The van der Waals surface area contributed by atoms with E-state index >= 15 is 0 Å². The van der Waals surface area contributed by atoms with Gasteiger partial charge in [-0.25, -0.2) is 17.9 Å². The molecule has 1 aromatic heterocycles. The molecule has 4 N–H and O–H groups in total. The lowest BCUT2D eigenvalue weighted by atomic mass is 9.86. The number of carbonyl (C=O) groups is 1. The third-order valence-electron chi connectivity index (χ3n) is 9.59. The zero-order chi connectivity index (χ0) is 34.9. The Labute approximate surface area is 286 Å². The number of aliphatic hydroxyl groups is 3. The van der Waals surface area contributed by atoms with Gasteiger partial charge in [-0.2, -0.15) is 0 Å². The number of carbonyl (C=O) groups excluding carboxylic acids is 1. The number of fused-ring (bicyclic) bond motifs is 3. The van der Waals surface area contributed by atoms with Gasteiger partial charge < -0.3 is 30.1 Å². The van der Waals surface area contributed by atoms with Crippen LogP contribution in [0.1, 0.15) is 22.8 Å². The number of aliphatic hydroxyl groups excluding tert-OH is 3. The molecule has 2 fully saturated rings. The molecule has 1 spiro atoms. The Morgan fingerprint density at radius 1 is 0.940 bits per heavy atom. The molecule has 0 bridgehead atoms. The zero-order valence-corrected chi connectivity index (χ0v) is 26.7. The maximum atomic E-state index is 13.9. The van der Waals surface area contributed by atoms with Gasteiger partial charge in [0, 0.05) is 5.56 Å². The number of nitrogens with one attached hydrogen (secondary N) is 1. The highest BCUT2D eigenvalue weighted by molar-refractivity contribution is 6.35. The van der Waals surface area contributed by atoms with Crippen LogP contribution in [0.5, 0.6) is 0 Å². The van der Waals surface area contributed by atoms with Gasteiger partial charge in [0.1, 0.15) is 30.0 Å². The molecule has 1 amide bonds. The van der Waals surface area contributed by atoms with E-state index < -0.39 is 66.1 Å². The largest absolute Gasteiger partial charge is 0.394 e. The smallest absolute Gasteiger partial charge is 0.253 e. The number of halogens is 4. The van der Waals surface area contributed by atoms with Crippen LogP contribution in [0.2, 0.25) is 5.02 Å². The molecule has 8 rings (SSSR count). The minimum absolute atomic E-state index is 0.0328. The third-order valence-corrected chi connectivity index (χ3v) is 9.91. The first-order valence-corrected chi connectivity index (χ1v) is 16.2. The van der Waals surface area contributed by atoms with Gasteiger partial charge in [0.15, 0.2) is 17.5 Å². The van der Waals surface area contributed by atoms with Crippen molar-refractivity contribution in [1.82, 2.24) is 20.3 Å². The van der Waals surface area contributed by atoms with Crippen molar-refractivity contribution < 1.29 is 42.8 Å². The molecule has 0 saturated carbocycles. The van der Waals surface area contributed by atoms with Crippen molar-refractivity contribution in [3.05, 3.63) is 107 Å². The van der Waals surface area contributed by atoms with E-state index in [4.69, 9.17) is 21.1 Å². The molecule has 50 heavy (non-hydrogen) atoms. The number of ether oxygens (including phenoxy) is 2. The first-order chi connectivity index (χ1) is 24.1. The van der Waals surface area contributed by atoms with E-state index in [9.17, 15) is 33.3 Å². The summed E-state index contributed by atoms with van der Waals surface area (Å²) in [5.74, 6) is -7.07. The maximum absolute atomic E-state index is 13.9. The molecule has 5 aromatic carbocycles. The number of hydrogen-bond acceptors (Lipinski definition) is 8. The van der Waals surface area contributed by atoms with Crippen molar-refractivity contribution >= 4 is 49.8 Å². The van der Waals surface area contributed by atoms with Crippen LogP contribution >= 0.6 is 11.6 Å². The number of amides is 1. The van der Waals surface area contributed by atoms with E-state index in [2.05, 4.69) is 27.8 Å². The summed E-state index contributed by atoms with van der Waals surface area (Å²) in [7, 11) is 0. The molecule has 2 saturated heterocycles. The van der Waals surface area contributed by atoms with Gasteiger partial charge in [-0.3, -0.25) is 4.79 Å². The highest BCUT2D eigenvalue weighted by Gasteiger charge is 2.62. The molecule has 10 nitrogen and oxygen atoms in total. The average Bonchev–Trinajstić information content (AvgIpc) is 3.74. The molecule has 2 aliphatic heterocycles. The predicted molar refractivity (Wildman–Crippen MR) is 177 cm³/mol. The van der Waals surface area contributed by atoms with Crippen LogP contribution in [-0.2, 0) is 9.47 Å². The Hall–Kier alpha value is -4.63. The van der Waals surface area contributed by atoms with E-state index in [1.54, 1.807) is 12.1 Å². The fourth-order valence-corrected chi connectivity index (χ4v) is 7.33. The third kappa shape index (κ3) is 5.29. The van der Waals surface area contributed by atoms with E-state index in [0.717, 1.165) is 49.1 Å². The van der Waals surface area contributed by atoms with Crippen molar-refractivity contribution in [1.29, 1.82) is 0 Å². The van der Waals surface area contributed by atoms with Crippen molar-refractivity contribution in [3.8, 4) is 11.3 Å². The lowest BCUT2D eigenvalue weighted by Gasteiger charge is -2.49. The standard InChI is InChI=1S/C36H28ClF3N4O6/c37-25-12-22-10-20-8-18-4-2-1-3-17(18)7-19(20)9-21(22)11-24(25)35(48)41-30-5-6-49-36(30)34(47)32(33(46)29(16-45)50-36)44-15-28(42-43-44)23-13-26(38)31(40)27(39)14-23/h1-4,7-15,29-30,32-34,45-47H,5-6,16H2,(H,41,48)/t29-,30-,32+,33+,34-,36+/m1/s1. The molecule has 0 aliphatic carbocycles. The second kappa shape index (κ2) is 12.3. The summed E-state index contributed by atoms with van der Waals surface area (Å²) in [4.78, 5) is 13.8. The lowest BCUT2D eigenvalue weighted by Crippen LogP contribution is -2.69. The van der Waals surface area contributed by atoms with Gasteiger partial charge in [-0.05, 0) is 87.3 Å². The van der Waals surface area contributed by atoms with E-state index in [0.29, 0.717) is 0 Å². The van der Waals surface area contributed by atoms with Crippen molar-refractivity contribution in [3.63, 3.8) is 0 Å². The van der Waals surface area contributed by atoms with Gasteiger partial charge in [0.25, 0.3) is 5.91 Å². The maximum Gasteiger partial charge on any atom is 0.253 e. The topological polar surface area (TPSA) is 139 Å². The van der Waals surface area contributed by atoms with Crippen LogP contribution in [-0.4, -0.2) is 79.6 Å². The first-order valence-electron chi connectivity index (χ1n) is 15.8. The van der Waals surface area contributed by atoms with Crippen LogP contribution in [0.4, 0.5) is 13.2 Å². The van der Waals surface area contributed by atoms with E-state index in [-0.39, 0.29) is 34.9 Å². The molecule has 0 unspecified atom stereocenters. The number of rotatable bonds is 5. The first kappa shape index (κ1) is 32.6. The minimum Gasteiger partial charge on any atom is -0.394 e. The molecule has 6 aromatic rings. The number of benzene rings is 5. The predicted octanol–water partition coefficient (Wildman–Crippen LogP) is 5.04. The Morgan fingerprint density at radius 2 is 1.56 bits per heavy atom. The normalized spacial score (nSPS) is 25.2. The second-order valence-electron chi connectivity index (χ2n) is 12.6.